The molecule has 0 bridgehead atoms. The molecule has 0 heterocycles. The van der Waals surface area contributed by atoms with E-state index in [0.717, 1.165) is 0 Å². The van der Waals surface area contributed by atoms with Gasteiger partial charge in [-0.3, -0.25) is 4.57 Å². The van der Waals surface area contributed by atoms with Gasteiger partial charge in [-0.1, -0.05) is 22.0 Å². The fourth-order valence-electron chi connectivity index (χ4n) is 0.669. The Labute approximate surface area is 81.8 Å². The molecule has 72 valence electrons. The van der Waals surface area contributed by atoms with Crippen LogP contribution in [0.4, 0.5) is 0 Å². The van der Waals surface area contributed by atoms with E-state index in [9.17, 15) is 4.57 Å². The molecule has 0 saturated carbocycles. The molecule has 1 atom stereocenters. The van der Waals surface area contributed by atoms with Crippen molar-refractivity contribution in [2.45, 2.75) is 18.4 Å². The number of allylic oxidation sites excluding steroid dienone is 1. The first kappa shape index (κ1) is 12.4. The first-order valence-corrected chi connectivity index (χ1v) is 6.28. The molecule has 0 aromatic heterocycles. The van der Waals surface area contributed by atoms with Crippen molar-refractivity contribution in [3.8, 4) is 0 Å². The second kappa shape index (κ2) is 5.92. The molecule has 12 heavy (non-hydrogen) atoms. The van der Waals surface area contributed by atoms with E-state index in [-0.39, 0.29) is 0 Å². The summed E-state index contributed by atoms with van der Waals surface area (Å²) < 4.78 is 21.4. The van der Waals surface area contributed by atoms with Crippen LogP contribution in [0.15, 0.2) is 12.7 Å². The Hall–Kier alpha value is 0.370. The van der Waals surface area contributed by atoms with E-state index in [0.29, 0.717) is 13.2 Å². The summed E-state index contributed by atoms with van der Waals surface area (Å²) in [4.78, 5) is 0. The van der Waals surface area contributed by atoms with Gasteiger partial charge in [-0.25, -0.2) is 0 Å². The summed E-state index contributed by atoms with van der Waals surface area (Å²) in [5.74, 6) is 0. The van der Waals surface area contributed by atoms with Crippen LogP contribution in [0.25, 0.3) is 0 Å². The van der Waals surface area contributed by atoms with Gasteiger partial charge in [0, 0.05) is 0 Å². The minimum atomic E-state index is -3.01. The molecule has 0 aliphatic carbocycles. The summed E-state index contributed by atoms with van der Waals surface area (Å²) in [5, 5.41) is 0. The molecule has 0 N–H and O–H groups in total. The van der Waals surface area contributed by atoms with E-state index in [4.69, 9.17) is 9.05 Å². The summed E-state index contributed by atoms with van der Waals surface area (Å²) in [6, 6.07) is 0. The molecular formula is C7H14BrO3P. The molecule has 0 amide bonds. The Morgan fingerprint density at radius 1 is 1.50 bits per heavy atom. The van der Waals surface area contributed by atoms with Crippen molar-refractivity contribution < 1.29 is 13.6 Å². The van der Waals surface area contributed by atoms with E-state index in [1.165, 1.54) is 6.08 Å². The van der Waals surface area contributed by atoms with Crippen molar-refractivity contribution >= 4 is 23.5 Å². The zero-order chi connectivity index (χ0) is 9.61. The molecule has 0 radical (unpaired) electrons. The maximum Gasteiger partial charge on any atom is 0.347 e. The lowest BCUT2D eigenvalue weighted by Gasteiger charge is -2.19. The second-order valence-electron chi connectivity index (χ2n) is 1.98. The number of hydrogen-bond acceptors (Lipinski definition) is 3. The molecule has 0 aliphatic heterocycles. The van der Waals surface area contributed by atoms with Crippen LogP contribution in [0.2, 0.25) is 0 Å². The van der Waals surface area contributed by atoms with E-state index in [1.54, 1.807) is 13.8 Å². The molecule has 5 heteroatoms. The highest BCUT2D eigenvalue weighted by molar-refractivity contribution is 9.10. The Bertz CT molecular complexity index is 173. The summed E-state index contributed by atoms with van der Waals surface area (Å²) >= 11 is 3.17. The molecule has 0 saturated heterocycles. The van der Waals surface area contributed by atoms with E-state index < -0.39 is 12.2 Å². The van der Waals surface area contributed by atoms with Crippen molar-refractivity contribution in [1.82, 2.24) is 0 Å². The highest BCUT2D eigenvalue weighted by Crippen LogP contribution is 2.55. The third-order valence-corrected chi connectivity index (χ3v) is 5.04. The normalized spacial score (nSPS) is 14.2. The Morgan fingerprint density at radius 3 is 2.17 bits per heavy atom. The first-order valence-electron chi connectivity index (χ1n) is 3.76. The fraction of sp³-hybridized carbons (Fsp3) is 0.714. The zero-order valence-corrected chi connectivity index (χ0v) is 9.81. The summed E-state index contributed by atoms with van der Waals surface area (Å²) in [7, 11) is -3.01. The Kier molecular flexibility index (Phi) is 6.10. The van der Waals surface area contributed by atoms with Crippen LogP contribution < -0.4 is 0 Å². The topological polar surface area (TPSA) is 35.5 Å². The van der Waals surface area contributed by atoms with E-state index in [1.807, 2.05) is 0 Å². The maximum absolute atomic E-state index is 11.8. The second-order valence-corrected chi connectivity index (χ2v) is 5.83. The van der Waals surface area contributed by atoms with Gasteiger partial charge in [-0.15, -0.1) is 6.58 Å². The lowest BCUT2D eigenvalue weighted by molar-refractivity contribution is 0.221. The standard InChI is InChI=1S/C7H14BrO3P/c1-4-7(8)12(9,10-5-2)11-6-3/h4,7H,1,5-6H2,2-3H3. The van der Waals surface area contributed by atoms with Crippen LogP contribution in [0.1, 0.15) is 13.8 Å². The molecule has 0 aromatic carbocycles. The van der Waals surface area contributed by atoms with Gasteiger partial charge in [-0.2, -0.15) is 0 Å². The van der Waals surface area contributed by atoms with Crippen LogP contribution >= 0.6 is 23.5 Å². The zero-order valence-electron chi connectivity index (χ0n) is 7.33. The summed E-state index contributed by atoms with van der Waals surface area (Å²) in [6.07, 6.45) is 1.51. The van der Waals surface area contributed by atoms with Gasteiger partial charge in [0.2, 0.25) is 0 Å². The minimum Gasteiger partial charge on any atom is -0.308 e. The van der Waals surface area contributed by atoms with Crippen molar-refractivity contribution in [3.63, 3.8) is 0 Å². The van der Waals surface area contributed by atoms with Crippen molar-refractivity contribution in [2.24, 2.45) is 0 Å². The number of halogens is 1. The molecule has 3 nitrogen and oxygen atoms in total. The summed E-state index contributed by atoms with van der Waals surface area (Å²) in [6.45, 7) is 7.79. The molecule has 0 aromatic rings. The van der Waals surface area contributed by atoms with Gasteiger partial charge < -0.3 is 9.05 Å². The molecule has 0 aliphatic rings. The SMILES string of the molecule is C=CC(Br)P(=O)(OCC)OCC. The predicted molar refractivity (Wildman–Crippen MR) is 53.8 cm³/mol. The fourth-order valence-corrected chi connectivity index (χ4v) is 2.72. The lowest BCUT2D eigenvalue weighted by Crippen LogP contribution is -2.04. The Balaban J connectivity index is 4.37. The van der Waals surface area contributed by atoms with Gasteiger partial charge in [0.1, 0.15) is 4.57 Å². The van der Waals surface area contributed by atoms with Gasteiger partial charge in [-0.05, 0) is 13.8 Å². The third kappa shape index (κ3) is 3.40. The minimum absolute atomic E-state index is 0.368. The largest absolute Gasteiger partial charge is 0.347 e. The monoisotopic (exact) mass is 256 g/mol. The van der Waals surface area contributed by atoms with E-state index in [2.05, 4.69) is 22.5 Å². The van der Waals surface area contributed by atoms with Crippen LogP contribution in [0, 0.1) is 0 Å². The van der Waals surface area contributed by atoms with Gasteiger partial charge in [0.25, 0.3) is 0 Å². The van der Waals surface area contributed by atoms with Crippen LogP contribution in [-0.2, 0) is 13.6 Å². The van der Waals surface area contributed by atoms with Gasteiger partial charge in [0.15, 0.2) is 0 Å². The number of hydrogen-bond donors (Lipinski definition) is 0. The van der Waals surface area contributed by atoms with Crippen LogP contribution in [-0.4, -0.2) is 17.8 Å². The molecule has 1 unspecified atom stereocenters. The Morgan fingerprint density at radius 2 is 1.92 bits per heavy atom. The first-order chi connectivity index (χ1) is 5.60. The van der Waals surface area contributed by atoms with Gasteiger partial charge in [0.05, 0.1) is 13.2 Å². The number of alkyl halides is 1. The van der Waals surface area contributed by atoms with Crippen molar-refractivity contribution in [3.05, 3.63) is 12.7 Å². The molecule has 0 rings (SSSR count). The quantitative estimate of drug-likeness (QED) is 0.416. The highest BCUT2D eigenvalue weighted by Gasteiger charge is 2.30. The molecular weight excluding hydrogens is 243 g/mol. The molecule has 0 spiro atoms. The van der Waals surface area contributed by atoms with Crippen LogP contribution in [0.5, 0.6) is 0 Å². The van der Waals surface area contributed by atoms with Gasteiger partial charge >= 0.3 is 7.60 Å². The average Bonchev–Trinajstić information content (AvgIpc) is 2.04. The highest BCUT2D eigenvalue weighted by atomic mass is 79.9. The smallest absolute Gasteiger partial charge is 0.308 e. The number of rotatable bonds is 6. The molecule has 0 fully saturated rings. The third-order valence-electron chi connectivity index (χ3n) is 1.11. The van der Waals surface area contributed by atoms with Crippen molar-refractivity contribution in [1.29, 1.82) is 0 Å². The lowest BCUT2D eigenvalue weighted by atomic mass is 10.8. The predicted octanol–water partition coefficient (Wildman–Crippen LogP) is 3.16. The summed E-state index contributed by atoms with van der Waals surface area (Å²) in [5.41, 5.74) is 0. The van der Waals surface area contributed by atoms with Crippen LogP contribution in [0.3, 0.4) is 0 Å². The van der Waals surface area contributed by atoms with Crippen molar-refractivity contribution in [2.75, 3.05) is 13.2 Å². The van der Waals surface area contributed by atoms with E-state index >= 15 is 0 Å². The average molecular weight is 257 g/mol. The maximum atomic E-state index is 11.8.